The number of carbonyl (C=O) groups is 1. The second-order valence-corrected chi connectivity index (χ2v) is 8.12. The van der Waals surface area contributed by atoms with Crippen molar-refractivity contribution in [3.05, 3.63) is 77.9 Å². The molecular weight excluding hydrogens is 426 g/mol. The number of amides is 1. The van der Waals surface area contributed by atoms with Crippen molar-refractivity contribution in [2.24, 2.45) is 0 Å². The number of benzene rings is 2. The molecule has 8 nitrogen and oxygen atoms in total. The Bertz CT molecular complexity index is 932. The fraction of sp³-hybridized carbons (Fsp3) is 0.400. The van der Waals surface area contributed by atoms with Crippen LogP contribution < -0.4 is 4.74 Å². The summed E-state index contributed by atoms with van der Waals surface area (Å²) in [7, 11) is 0. The Morgan fingerprint density at radius 1 is 1.06 bits per heavy atom. The number of carboxylic acid groups (broad SMARTS) is 1. The highest BCUT2D eigenvalue weighted by Crippen LogP contribution is 2.29. The average Bonchev–Trinajstić information content (AvgIpc) is 3.27. The minimum absolute atomic E-state index is 0.0735. The molecule has 2 aliphatic rings. The van der Waals surface area contributed by atoms with Crippen LogP contribution in [0.5, 0.6) is 5.75 Å². The van der Waals surface area contributed by atoms with E-state index in [0.29, 0.717) is 45.0 Å². The van der Waals surface area contributed by atoms with Crippen LogP contribution in [0.15, 0.2) is 66.8 Å². The lowest BCUT2D eigenvalue weighted by Gasteiger charge is -2.34. The normalized spacial score (nSPS) is 22.2. The quantitative estimate of drug-likeness (QED) is 0.556. The monoisotopic (exact) mass is 455 g/mol. The van der Waals surface area contributed by atoms with Crippen molar-refractivity contribution < 1.29 is 34.0 Å². The van der Waals surface area contributed by atoms with Gasteiger partial charge >= 0.3 is 12.0 Å². The molecule has 33 heavy (non-hydrogen) atoms. The fourth-order valence-corrected chi connectivity index (χ4v) is 4.01. The maximum atomic E-state index is 11.1. The molecule has 1 saturated heterocycles. The number of β-amino-alcohol motifs (C(OH)–C–C–N with tert-alkyl or cyclic N) is 1. The van der Waals surface area contributed by atoms with Gasteiger partial charge in [0.2, 0.25) is 6.29 Å². The molecular formula is C25H29NO7. The number of rotatable bonds is 9. The maximum absolute atomic E-state index is 11.1. The van der Waals surface area contributed by atoms with E-state index in [9.17, 15) is 9.90 Å². The summed E-state index contributed by atoms with van der Waals surface area (Å²) in [5, 5.41) is 19.4. The van der Waals surface area contributed by atoms with Crippen LogP contribution in [0.4, 0.5) is 4.79 Å². The Labute approximate surface area is 192 Å². The molecule has 2 heterocycles. The summed E-state index contributed by atoms with van der Waals surface area (Å²) in [4.78, 5) is 12.3. The number of likely N-dealkylation sites (tertiary alicyclic amines) is 1. The van der Waals surface area contributed by atoms with Crippen LogP contribution in [-0.4, -0.2) is 59.9 Å². The van der Waals surface area contributed by atoms with Crippen LogP contribution in [0.1, 0.15) is 29.9 Å². The van der Waals surface area contributed by atoms with E-state index in [4.69, 9.17) is 24.1 Å². The van der Waals surface area contributed by atoms with E-state index in [1.54, 1.807) is 0 Å². The highest BCUT2D eigenvalue weighted by molar-refractivity contribution is 5.65. The molecule has 4 rings (SSSR count). The molecule has 3 unspecified atom stereocenters. The lowest BCUT2D eigenvalue weighted by atomic mass is 9.87. The maximum Gasteiger partial charge on any atom is 0.407 e. The Hall–Kier alpha value is -3.39. The highest BCUT2D eigenvalue weighted by atomic mass is 16.8. The van der Waals surface area contributed by atoms with Gasteiger partial charge in [-0.3, -0.25) is 0 Å². The van der Waals surface area contributed by atoms with Gasteiger partial charge in [0.1, 0.15) is 5.75 Å². The summed E-state index contributed by atoms with van der Waals surface area (Å²) in [6, 6.07) is 17.6. The molecule has 3 atom stereocenters. The number of piperidine rings is 1. The van der Waals surface area contributed by atoms with Gasteiger partial charge in [0.05, 0.1) is 25.9 Å². The van der Waals surface area contributed by atoms with Crippen molar-refractivity contribution in [1.29, 1.82) is 0 Å². The molecule has 1 fully saturated rings. The second kappa shape index (κ2) is 11.0. The van der Waals surface area contributed by atoms with Gasteiger partial charge in [0.15, 0.2) is 6.26 Å². The van der Waals surface area contributed by atoms with Crippen LogP contribution in [0.2, 0.25) is 0 Å². The zero-order chi connectivity index (χ0) is 23.0. The first-order valence-electron chi connectivity index (χ1n) is 11.2. The van der Waals surface area contributed by atoms with E-state index in [2.05, 4.69) is 0 Å². The molecule has 0 aromatic heterocycles. The third-order valence-electron chi connectivity index (χ3n) is 5.77. The van der Waals surface area contributed by atoms with Crippen molar-refractivity contribution in [2.75, 3.05) is 26.3 Å². The van der Waals surface area contributed by atoms with E-state index in [1.165, 1.54) is 11.2 Å². The number of hydrogen-bond donors (Lipinski definition) is 2. The van der Waals surface area contributed by atoms with Crippen LogP contribution >= 0.6 is 0 Å². The topological polar surface area (TPSA) is 97.7 Å². The van der Waals surface area contributed by atoms with Crippen LogP contribution in [0, 0.1) is 0 Å². The number of aliphatic hydroxyl groups is 1. The Morgan fingerprint density at radius 2 is 1.82 bits per heavy atom. The minimum atomic E-state index is -0.990. The van der Waals surface area contributed by atoms with Crippen molar-refractivity contribution in [2.45, 2.75) is 37.6 Å². The van der Waals surface area contributed by atoms with Gasteiger partial charge in [0, 0.05) is 25.3 Å². The predicted molar refractivity (Wildman–Crippen MR) is 120 cm³/mol. The van der Waals surface area contributed by atoms with E-state index in [1.807, 2.05) is 54.6 Å². The molecule has 0 bridgehead atoms. The van der Waals surface area contributed by atoms with Gasteiger partial charge in [-0.2, -0.15) is 0 Å². The van der Waals surface area contributed by atoms with E-state index in [-0.39, 0.29) is 18.8 Å². The molecule has 2 N–H and O–H groups in total. The van der Waals surface area contributed by atoms with Gasteiger partial charge < -0.3 is 34.1 Å². The number of aliphatic hydroxyl groups excluding tert-OH is 1. The molecule has 2 aromatic rings. The molecule has 0 saturated carbocycles. The SMILES string of the molecule is O=C(O)N1CCC(c2ccc(OCCCOC3=COC(Cc4ccccc4)O3)cc2)C(O)C1. The molecule has 0 aliphatic carbocycles. The summed E-state index contributed by atoms with van der Waals surface area (Å²) < 4.78 is 22.5. The van der Waals surface area contributed by atoms with Crippen LogP contribution in [0.25, 0.3) is 0 Å². The first-order valence-corrected chi connectivity index (χ1v) is 11.2. The third kappa shape index (κ3) is 6.32. The van der Waals surface area contributed by atoms with Gasteiger partial charge in [-0.25, -0.2) is 4.79 Å². The van der Waals surface area contributed by atoms with Crippen molar-refractivity contribution in [3.8, 4) is 5.75 Å². The lowest BCUT2D eigenvalue weighted by Crippen LogP contribution is -2.45. The van der Waals surface area contributed by atoms with Gasteiger partial charge in [0.25, 0.3) is 0 Å². The van der Waals surface area contributed by atoms with Crippen molar-refractivity contribution in [1.82, 2.24) is 4.90 Å². The van der Waals surface area contributed by atoms with Gasteiger partial charge in [-0.15, -0.1) is 0 Å². The lowest BCUT2D eigenvalue weighted by molar-refractivity contribution is -0.0703. The van der Waals surface area contributed by atoms with Crippen molar-refractivity contribution >= 4 is 6.09 Å². The molecule has 0 radical (unpaired) electrons. The Balaban J connectivity index is 1.12. The number of nitrogens with zero attached hydrogens (tertiary/aromatic N) is 1. The molecule has 2 aromatic carbocycles. The molecule has 2 aliphatic heterocycles. The van der Waals surface area contributed by atoms with Crippen LogP contribution in [-0.2, 0) is 20.6 Å². The number of hydrogen-bond acceptors (Lipinski definition) is 6. The first-order chi connectivity index (χ1) is 16.1. The zero-order valence-corrected chi connectivity index (χ0v) is 18.3. The smallest absolute Gasteiger partial charge is 0.407 e. The van der Waals surface area contributed by atoms with Gasteiger partial charge in [-0.1, -0.05) is 42.5 Å². The van der Waals surface area contributed by atoms with E-state index >= 15 is 0 Å². The molecule has 0 spiro atoms. The van der Waals surface area contributed by atoms with E-state index < -0.39 is 12.2 Å². The third-order valence-corrected chi connectivity index (χ3v) is 5.77. The summed E-state index contributed by atoms with van der Waals surface area (Å²) in [6.45, 7) is 1.49. The highest BCUT2D eigenvalue weighted by Gasteiger charge is 2.31. The summed E-state index contributed by atoms with van der Waals surface area (Å²) in [6.07, 6.45) is 1.36. The largest absolute Gasteiger partial charge is 0.493 e. The van der Waals surface area contributed by atoms with E-state index in [0.717, 1.165) is 16.9 Å². The molecule has 1 amide bonds. The van der Waals surface area contributed by atoms with Gasteiger partial charge in [-0.05, 0) is 29.7 Å². The first kappa shape index (κ1) is 22.8. The predicted octanol–water partition coefficient (Wildman–Crippen LogP) is 3.71. The average molecular weight is 456 g/mol. The number of ether oxygens (including phenoxy) is 4. The minimum Gasteiger partial charge on any atom is -0.493 e. The van der Waals surface area contributed by atoms with Crippen molar-refractivity contribution in [3.63, 3.8) is 0 Å². The summed E-state index contributed by atoms with van der Waals surface area (Å²) in [5.41, 5.74) is 2.12. The summed E-state index contributed by atoms with van der Waals surface area (Å²) in [5.74, 6) is 1.04. The standard InChI is InChI=1S/C25H29NO7/c27-22-16-26(25(28)29)12-11-21(22)19-7-9-20(10-8-19)30-13-4-14-31-24-17-32-23(33-24)15-18-5-2-1-3-6-18/h1-3,5-10,17,21-23,27H,4,11-16H2,(H,28,29). The fourth-order valence-electron chi connectivity index (χ4n) is 4.01. The second-order valence-electron chi connectivity index (χ2n) is 8.12. The molecule has 8 heteroatoms. The Kier molecular flexibility index (Phi) is 7.57. The molecule has 176 valence electrons. The zero-order valence-electron chi connectivity index (χ0n) is 18.3. The van der Waals surface area contributed by atoms with Crippen LogP contribution in [0.3, 0.4) is 0 Å². The Morgan fingerprint density at radius 3 is 2.55 bits per heavy atom. The summed E-state index contributed by atoms with van der Waals surface area (Å²) >= 11 is 0.